The molecule has 0 aliphatic heterocycles. The number of allylic oxidation sites excluding steroid dienone is 1. The lowest BCUT2D eigenvalue weighted by molar-refractivity contribution is -0.0556. The molecule has 0 saturated heterocycles. The Morgan fingerprint density at radius 1 is 1.04 bits per heavy atom. The summed E-state index contributed by atoms with van der Waals surface area (Å²) in [6.45, 7) is 10.1. The van der Waals surface area contributed by atoms with Gasteiger partial charge in [0.25, 0.3) is 0 Å². The normalized spacial score (nSPS) is 52.6. The van der Waals surface area contributed by atoms with Crippen molar-refractivity contribution in [1.29, 1.82) is 0 Å². The van der Waals surface area contributed by atoms with Crippen LogP contribution in [0.1, 0.15) is 79.1 Å². The van der Waals surface area contributed by atoms with Crippen LogP contribution >= 0.6 is 0 Å². The molecule has 0 spiro atoms. The lowest BCUT2D eigenvalue weighted by atomic mass is 9.47. The second-order valence-electron chi connectivity index (χ2n) is 10.1. The van der Waals surface area contributed by atoms with Crippen LogP contribution in [0.4, 0.5) is 0 Å². The van der Waals surface area contributed by atoms with E-state index in [0.29, 0.717) is 10.8 Å². The average molecular weight is 317 g/mol. The molecule has 3 saturated carbocycles. The minimum atomic E-state index is -0.0727. The largest absolute Gasteiger partial charge is 0.393 e. The highest BCUT2D eigenvalue weighted by molar-refractivity contribution is 5.25. The first kappa shape index (κ1) is 16.2. The molecule has 4 rings (SSSR count). The Kier molecular flexibility index (Phi) is 3.76. The summed E-state index contributed by atoms with van der Waals surface area (Å²) in [5, 5.41) is 10.1. The van der Waals surface area contributed by atoms with E-state index in [4.69, 9.17) is 0 Å². The Hall–Kier alpha value is -0.300. The molecule has 4 aliphatic rings. The highest BCUT2D eigenvalue weighted by atomic mass is 16.3. The molecule has 0 aromatic carbocycles. The first-order valence-corrected chi connectivity index (χ1v) is 10.2. The SMILES string of the molecule is CC(C)C1CCC2C3CC=C4CC(O)CCC4(C)C3CCC12C. The van der Waals surface area contributed by atoms with Crippen LogP contribution in [-0.2, 0) is 0 Å². The van der Waals surface area contributed by atoms with Gasteiger partial charge in [0.05, 0.1) is 6.10 Å². The van der Waals surface area contributed by atoms with Gasteiger partial charge in [0.1, 0.15) is 0 Å². The summed E-state index contributed by atoms with van der Waals surface area (Å²) in [5.41, 5.74) is 2.62. The molecule has 23 heavy (non-hydrogen) atoms. The predicted molar refractivity (Wildman–Crippen MR) is 96.0 cm³/mol. The first-order valence-electron chi connectivity index (χ1n) is 10.2. The van der Waals surface area contributed by atoms with Gasteiger partial charge < -0.3 is 5.11 Å². The standard InChI is InChI=1S/C22H36O/c1-14(2)18-7-8-19-17-6-5-15-13-16(23)9-11-21(15,3)20(17)10-12-22(18,19)4/h5,14,16-20,23H,6-13H2,1-4H3. The van der Waals surface area contributed by atoms with Crippen LogP contribution in [0.3, 0.4) is 0 Å². The molecular formula is C22H36O. The van der Waals surface area contributed by atoms with Gasteiger partial charge >= 0.3 is 0 Å². The second kappa shape index (κ2) is 5.35. The van der Waals surface area contributed by atoms with Crippen LogP contribution in [0.15, 0.2) is 11.6 Å². The van der Waals surface area contributed by atoms with E-state index in [9.17, 15) is 5.11 Å². The summed E-state index contributed by atoms with van der Waals surface area (Å²) in [7, 11) is 0. The highest BCUT2D eigenvalue weighted by Gasteiger charge is 2.58. The molecule has 1 nitrogen and oxygen atoms in total. The Bertz CT molecular complexity index is 506. The number of fused-ring (bicyclic) bond motifs is 5. The van der Waals surface area contributed by atoms with Gasteiger partial charge in [-0.1, -0.05) is 39.3 Å². The maximum Gasteiger partial charge on any atom is 0.0577 e. The van der Waals surface area contributed by atoms with E-state index in [1.165, 1.54) is 38.5 Å². The van der Waals surface area contributed by atoms with Crippen molar-refractivity contribution in [3.63, 3.8) is 0 Å². The van der Waals surface area contributed by atoms with E-state index in [0.717, 1.165) is 42.4 Å². The van der Waals surface area contributed by atoms with Crippen molar-refractivity contribution in [2.24, 2.45) is 40.4 Å². The van der Waals surface area contributed by atoms with Crippen LogP contribution in [0, 0.1) is 40.4 Å². The van der Waals surface area contributed by atoms with E-state index in [1.54, 1.807) is 5.57 Å². The van der Waals surface area contributed by atoms with Gasteiger partial charge in [-0.3, -0.25) is 0 Å². The molecule has 0 aromatic heterocycles. The number of aliphatic hydroxyl groups excluding tert-OH is 1. The molecule has 1 N–H and O–H groups in total. The van der Waals surface area contributed by atoms with E-state index in [2.05, 4.69) is 33.8 Å². The number of hydrogen-bond donors (Lipinski definition) is 1. The molecule has 4 aliphatic carbocycles. The van der Waals surface area contributed by atoms with E-state index < -0.39 is 0 Å². The summed E-state index contributed by atoms with van der Waals surface area (Å²) >= 11 is 0. The van der Waals surface area contributed by atoms with Crippen molar-refractivity contribution in [3.05, 3.63) is 11.6 Å². The molecule has 130 valence electrons. The van der Waals surface area contributed by atoms with Crippen molar-refractivity contribution >= 4 is 0 Å². The first-order chi connectivity index (χ1) is 10.9. The molecule has 0 amide bonds. The van der Waals surface area contributed by atoms with Gasteiger partial charge in [-0.05, 0) is 91.8 Å². The Balaban J connectivity index is 1.65. The van der Waals surface area contributed by atoms with Gasteiger partial charge in [-0.2, -0.15) is 0 Å². The van der Waals surface area contributed by atoms with Crippen LogP contribution in [0.2, 0.25) is 0 Å². The van der Waals surface area contributed by atoms with Crippen molar-refractivity contribution in [2.75, 3.05) is 0 Å². The van der Waals surface area contributed by atoms with Crippen LogP contribution < -0.4 is 0 Å². The molecule has 1 heteroatoms. The molecule has 3 fully saturated rings. The smallest absolute Gasteiger partial charge is 0.0577 e. The third-order valence-electron chi connectivity index (χ3n) is 8.96. The summed E-state index contributed by atoms with van der Waals surface area (Å²) < 4.78 is 0. The zero-order chi connectivity index (χ0) is 16.4. The maximum atomic E-state index is 10.1. The lowest BCUT2D eigenvalue weighted by Gasteiger charge is -2.58. The molecule has 0 bridgehead atoms. The Labute approximate surface area is 142 Å². The topological polar surface area (TPSA) is 20.2 Å². The number of aliphatic hydroxyl groups is 1. The minimum absolute atomic E-state index is 0.0727. The summed E-state index contributed by atoms with van der Waals surface area (Å²) in [6, 6.07) is 0. The maximum absolute atomic E-state index is 10.1. The minimum Gasteiger partial charge on any atom is -0.393 e. The fourth-order valence-electron chi connectivity index (χ4n) is 7.78. The fourth-order valence-corrected chi connectivity index (χ4v) is 7.78. The number of rotatable bonds is 1. The van der Waals surface area contributed by atoms with Gasteiger partial charge in [0.2, 0.25) is 0 Å². The summed E-state index contributed by atoms with van der Waals surface area (Å²) in [6.07, 6.45) is 12.8. The predicted octanol–water partition coefficient (Wildman–Crippen LogP) is 5.58. The van der Waals surface area contributed by atoms with Crippen molar-refractivity contribution < 1.29 is 5.11 Å². The lowest BCUT2D eigenvalue weighted by Crippen LogP contribution is -2.50. The summed E-state index contributed by atoms with van der Waals surface area (Å²) in [5.74, 6) is 4.55. The van der Waals surface area contributed by atoms with Gasteiger partial charge in [0.15, 0.2) is 0 Å². The molecule has 7 atom stereocenters. The Morgan fingerprint density at radius 2 is 1.83 bits per heavy atom. The molecule has 0 heterocycles. The van der Waals surface area contributed by atoms with E-state index in [-0.39, 0.29) is 6.10 Å². The number of hydrogen-bond acceptors (Lipinski definition) is 1. The zero-order valence-electron chi connectivity index (χ0n) is 15.6. The van der Waals surface area contributed by atoms with Gasteiger partial charge in [0, 0.05) is 0 Å². The zero-order valence-corrected chi connectivity index (χ0v) is 15.6. The molecule has 0 aromatic rings. The van der Waals surface area contributed by atoms with Crippen molar-refractivity contribution in [3.8, 4) is 0 Å². The second-order valence-corrected chi connectivity index (χ2v) is 10.1. The fraction of sp³-hybridized carbons (Fsp3) is 0.909. The quantitative estimate of drug-likeness (QED) is 0.626. The third-order valence-corrected chi connectivity index (χ3v) is 8.96. The molecular weight excluding hydrogens is 280 g/mol. The van der Waals surface area contributed by atoms with Crippen LogP contribution in [0.5, 0.6) is 0 Å². The average Bonchev–Trinajstić information content (AvgIpc) is 2.85. The highest BCUT2D eigenvalue weighted by Crippen LogP contribution is 2.67. The van der Waals surface area contributed by atoms with Crippen molar-refractivity contribution in [2.45, 2.75) is 85.2 Å². The monoisotopic (exact) mass is 316 g/mol. The van der Waals surface area contributed by atoms with Crippen molar-refractivity contribution in [1.82, 2.24) is 0 Å². The Morgan fingerprint density at radius 3 is 2.57 bits per heavy atom. The molecule has 7 unspecified atom stereocenters. The van der Waals surface area contributed by atoms with Gasteiger partial charge in [-0.15, -0.1) is 0 Å². The summed E-state index contributed by atoms with van der Waals surface area (Å²) in [4.78, 5) is 0. The van der Waals surface area contributed by atoms with E-state index in [1.807, 2.05) is 0 Å². The van der Waals surface area contributed by atoms with E-state index >= 15 is 0 Å². The van der Waals surface area contributed by atoms with Crippen LogP contribution in [-0.4, -0.2) is 11.2 Å². The molecule has 0 radical (unpaired) electrons. The van der Waals surface area contributed by atoms with Gasteiger partial charge in [-0.25, -0.2) is 0 Å². The van der Waals surface area contributed by atoms with Crippen LogP contribution in [0.25, 0.3) is 0 Å². The third kappa shape index (κ3) is 2.21.